The van der Waals surface area contributed by atoms with Crippen LogP contribution in [0.3, 0.4) is 0 Å². The number of nitrogens with one attached hydrogen (secondary N) is 1. The third kappa shape index (κ3) is 2.85. The van der Waals surface area contributed by atoms with Crippen LogP contribution in [0.1, 0.15) is 19.4 Å². The van der Waals surface area contributed by atoms with Gasteiger partial charge in [-0.15, -0.1) is 0 Å². The molecule has 0 spiro atoms. The first-order valence-corrected chi connectivity index (χ1v) is 5.93. The molecule has 1 heterocycles. The minimum atomic E-state index is -0.814. The van der Waals surface area contributed by atoms with E-state index in [9.17, 15) is 4.79 Å². The Morgan fingerprint density at radius 3 is 2.75 bits per heavy atom. The Hall–Kier alpha value is -1.29. The molecule has 0 aliphatic carbocycles. The van der Waals surface area contributed by atoms with Crippen molar-refractivity contribution in [1.82, 2.24) is 4.98 Å². The third-order valence-electron chi connectivity index (χ3n) is 2.07. The van der Waals surface area contributed by atoms with Crippen LogP contribution in [0.4, 0.5) is 0 Å². The van der Waals surface area contributed by atoms with E-state index in [4.69, 9.17) is 5.11 Å². The number of halogens is 1. The van der Waals surface area contributed by atoms with Crippen molar-refractivity contribution in [2.24, 2.45) is 0 Å². The lowest BCUT2D eigenvalue weighted by Gasteiger charge is -1.95. The number of carboxylic acid groups (broad SMARTS) is 1. The Bertz CT molecular complexity index is 491. The SMILES string of the molecule is CC.O=C(O)Cc1c[nH]c2ccc(Br)cc12. The fraction of sp³-hybridized carbons (Fsp3) is 0.250. The number of aromatic amines is 1. The molecule has 0 fully saturated rings. The van der Waals surface area contributed by atoms with Crippen LogP contribution in [0, 0.1) is 0 Å². The number of hydrogen-bond donors (Lipinski definition) is 2. The van der Waals surface area contributed by atoms with Crippen LogP contribution in [0.25, 0.3) is 10.9 Å². The highest BCUT2D eigenvalue weighted by Crippen LogP contribution is 2.22. The molecule has 2 rings (SSSR count). The van der Waals surface area contributed by atoms with E-state index in [1.165, 1.54) is 0 Å². The van der Waals surface area contributed by atoms with E-state index in [2.05, 4.69) is 20.9 Å². The largest absolute Gasteiger partial charge is 0.481 e. The van der Waals surface area contributed by atoms with Crippen molar-refractivity contribution in [3.63, 3.8) is 0 Å². The van der Waals surface area contributed by atoms with E-state index in [-0.39, 0.29) is 6.42 Å². The summed E-state index contributed by atoms with van der Waals surface area (Å²) in [4.78, 5) is 13.6. The molecule has 16 heavy (non-hydrogen) atoms. The van der Waals surface area contributed by atoms with Crippen LogP contribution in [0.15, 0.2) is 28.9 Å². The van der Waals surface area contributed by atoms with Gasteiger partial charge in [0.05, 0.1) is 6.42 Å². The second-order valence-electron chi connectivity index (χ2n) is 3.07. The van der Waals surface area contributed by atoms with Gasteiger partial charge in [0.15, 0.2) is 0 Å². The fourth-order valence-corrected chi connectivity index (χ4v) is 1.82. The number of aliphatic carboxylic acids is 1. The molecule has 4 heteroatoms. The molecule has 0 saturated heterocycles. The Balaban J connectivity index is 0.000000606. The predicted octanol–water partition coefficient (Wildman–Crippen LogP) is 3.58. The van der Waals surface area contributed by atoms with Crippen molar-refractivity contribution in [1.29, 1.82) is 0 Å². The number of fused-ring (bicyclic) bond motifs is 1. The maximum atomic E-state index is 10.6. The van der Waals surface area contributed by atoms with Gasteiger partial charge in [-0.1, -0.05) is 29.8 Å². The van der Waals surface area contributed by atoms with E-state index in [1.807, 2.05) is 32.0 Å². The summed E-state index contributed by atoms with van der Waals surface area (Å²) in [7, 11) is 0. The maximum absolute atomic E-state index is 10.6. The number of benzene rings is 1. The van der Waals surface area contributed by atoms with Gasteiger partial charge in [-0.05, 0) is 23.8 Å². The summed E-state index contributed by atoms with van der Waals surface area (Å²) in [6.07, 6.45) is 1.79. The van der Waals surface area contributed by atoms with E-state index in [0.29, 0.717) is 0 Å². The van der Waals surface area contributed by atoms with Gasteiger partial charge in [-0.3, -0.25) is 4.79 Å². The molecule has 1 aromatic carbocycles. The van der Waals surface area contributed by atoms with Crippen molar-refractivity contribution in [3.05, 3.63) is 34.4 Å². The number of hydrogen-bond acceptors (Lipinski definition) is 1. The Kier molecular flexibility index (Phi) is 4.55. The molecule has 0 aliphatic rings. The predicted molar refractivity (Wildman–Crippen MR) is 68.7 cm³/mol. The Morgan fingerprint density at radius 1 is 1.44 bits per heavy atom. The van der Waals surface area contributed by atoms with Gasteiger partial charge < -0.3 is 10.1 Å². The zero-order valence-corrected chi connectivity index (χ0v) is 10.8. The van der Waals surface area contributed by atoms with Gasteiger partial charge in [-0.2, -0.15) is 0 Å². The summed E-state index contributed by atoms with van der Waals surface area (Å²) >= 11 is 3.36. The fourth-order valence-electron chi connectivity index (χ4n) is 1.46. The molecule has 3 nitrogen and oxygen atoms in total. The van der Waals surface area contributed by atoms with E-state index >= 15 is 0 Å². The quantitative estimate of drug-likeness (QED) is 0.885. The molecular formula is C12H14BrNO2. The molecule has 0 atom stereocenters. The smallest absolute Gasteiger partial charge is 0.307 e. The molecule has 0 radical (unpaired) electrons. The zero-order chi connectivity index (χ0) is 12.1. The van der Waals surface area contributed by atoms with E-state index < -0.39 is 5.97 Å². The first-order chi connectivity index (χ1) is 7.66. The summed E-state index contributed by atoms with van der Waals surface area (Å²) in [6.45, 7) is 4.00. The molecule has 2 N–H and O–H groups in total. The van der Waals surface area contributed by atoms with Crippen molar-refractivity contribution < 1.29 is 9.90 Å². The van der Waals surface area contributed by atoms with Crippen LogP contribution >= 0.6 is 15.9 Å². The average molecular weight is 284 g/mol. The topological polar surface area (TPSA) is 53.1 Å². The molecule has 86 valence electrons. The van der Waals surface area contributed by atoms with Crippen LogP contribution in [0.5, 0.6) is 0 Å². The van der Waals surface area contributed by atoms with Gasteiger partial charge in [0.25, 0.3) is 0 Å². The number of carbonyl (C=O) groups is 1. The Labute approximate surface area is 103 Å². The van der Waals surface area contributed by atoms with Gasteiger partial charge >= 0.3 is 5.97 Å². The summed E-state index contributed by atoms with van der Waals surface area (Å²) in [5.41, 5.74) is 1.78. The lowest BCUT2D eigenvalue weighted by molar-refractivity contribution is -0.136. The van der Waals surface area contributed by atoms with E-state index in [1.54, 1.807) is 6.20 Å². The van der Waals surface area contributed by atoms with Gasteiger partial charge in [0.2, 0.25) is 0 Å². The van der Waals surface area contributed by atoms with Gasteiger partial charge in [0, 0.05) is 21.6 Å². The molecule has 0 aliphatic heterocycles. The molecule has 2 aromatic rings. The monoisotopic (exact) mass is 283 g/mol. The first kappa shape index (κ1) is 12.8. The lowest BCUT2D eigenvalue weighted by atomic mass is 10.1. The second kappa shape index (κ2) is 5.70. The first-order valence-electron chi connectivity index (χ1n) is 5.14. The minimum Gasteiger partial charge on any atom is -0.481 e. The molecule has 0 saturated carbocycles. The van der Waals surface area contributed by atoms with Crippen LogP contribution in [-0.4, -0.2) is 16.1 Å². The molecule has 0 amide bonds. The van der Waals surface area contributed by atoms with Crippen LogP contribution in [-0.2, 0) is 11.2 Å². The zero-order valence-electron chi connectivity index (χ0n) is 9.25. The number of rotatable bonds is 2. The van der Waals surface area contributed by atoms with Crippen LogP contribution < -0.4 is 0 Å². The number of aromatic nitrogens is 1. The second-order valence-corrected chi connectivity index (χ2v) is 3.99. The van der Waals surface area contributed by atoms with Crippen molar-refractivity contribution in [3.8, 4) is 0 Å². The summed E-state index contributed by atoms with van der Waals surface area (Å²) in [5.74, 6) is -0.814. The Morgan fingerprint density at radius 2 is 2.12 bits per heavy atom. The molecule has 0 bridgehead atoms. The summed E-state index contributed by atoms with van der Waals surface area (Å²) in [5, 5.41) is 9.65. The normalized spacial score (nSPS) is 9.69. The highest BCUT2D eigenvalue weighted by molar-refractivity contribution is 9.10. The number of H-pyrrole nitrogens is 1. The van der Waals surface area contributed by atoms with Crippen LogP contribution in [0.2, 0.25) is 0 Å². The number of carboxylic acids is 1. The van der Waals surface area contributed by atoms with Crippen molar-refractivity contribution >= 4 is 32.8 Å². The molecule has 0 unspecified atom stereocenters. The van der Waals surface area contributed by atoms with Gasteiger partial charge in [-0.25, -0.2) is 0 Å². The maximum Gasteiger partial charge on any atom is 0.307 e. The standard InChI is InChI=1S/C10H8BrNO2.C2H6/c11-7-1-2-9-8(4-7)6(5-12-9)3-10(13)14;1-2/h1-2,4-5,12H,3H2,(H,13,14);1-2H3. The summed E-state index contributed by atoms with van der Waals surface area (Å²) < 4.78 is 0.955. The highest BCUT2D eigenvalue weighted by Gasteiger charge is 2.07. The average Bonchev–Trinajstić information content (AvgIpc) is 2.63. The van der Waals surface area contributed by atoms with Crippen molar-refractivity contribution in [2.45, 2.75) is 20.3 Å². The van der Waals surface area contributed by atoms with Crippen molar-refractivity contribution in [2.75, 3.05) is 0 Å². The highest BCUT2D eigenvalue weighted by atomic mass is 79.9. The molecule has 1 aromatic heterocycles. The summed E-state index contributed by atoms with van der Waals surface area (Å²) in [6, 6.07) is 5.76. The lowest BCUT2D eigenvalue weighted by Crippen LogP contribution is -1.98. The minimum absolute atomic E-state index is 0.0520. The third-order valence-corrected chi connectivity index (χ3v) is 2.56. The molecular weight excluding hydrogens is 270 g/mol. The van der Waals surface area contributed by atoms with E-state index in [0.717, 1.165) is 20.9 Å². The van der Waals surface area contributed by atoms with Gasteiger partial charge in [0.1, 0.15) is 0 Å².